The molecule has 0 amide bonds. The molecule has 3 aliphatic heterocycles. The molecule has 0 aliphatic carbocycles. The first kappa shape index (κ1) is 29.9. The standard InChI is InChI=1S/C31H43N8O/c1-11-30(12-2)22(5)25(32)23(6)31(13-3,14-4)39(30)36-24-19-28(7,8)38(29(9,10)20-24)27-34-21-33-26(35-27)37-15-17-40-18-16-37/h11-14,21,24-25H,1-6,15-20H2,7-10H3. The predicted molar refractivity (Wildman–Crippen MR) is 161 cm³/mol. The van der Waals surface area contributed by atoms with Gasteiger partial charge in [-0.05, 0) is 51.7 Å². The molecule has 0 spiro atoms. The van der Waals surface area contributed by atoms with Gasteiger partial charge >= 0.3 is 0 Å². The third-order valence-electron chi connectivity index (χ3n) is 8.63. The normalized spacial score (nSPS) is 24.9. The number of anilines is 2. The van der Waals surface area contributed by atoms with Gasteiger partial charge in [0.15, 0.2) is 0 Å². The van der Waals surface area contributed by atoms with E-state index in [9.17, 15) is 5.73 Å². The molecule has 0 N–H and O–H groups in total. The monoisotopic (exact) mass is 543 g/mol. The topological polar surface area (TPSA) is 94.0 Å². The Bertz CT molecular complexity index is 1120. The summed E-state index contributed by atoms with van der Waals surface area (Å²) in [5, 5.41) is 1.88. The van der Waals surface area contributed by atoms with E-state index in [2.05, 4.69) is 86.9 Å². The lowest BCUT2D eigenvalue weighted by molar-refractivity contribution is 0.00315. The molecule has 9 nitrogen and oxygen atoms in total. The fourth-order valence-electron chi connectivity index (χ4n) is 6.77. The summed E-state index contributed by atoms with van der Waals surface area (Å²) in [6.45, 7) is 36.3. The molecule has 213 valence electrons. The molecule has 4 heterocycles. The molecule has 0 atom stereocenters. The van der Waals surface area contributed by atoms with Crippen molar-refractivity contribution < 1.29 is 4.74 Å². The zero-order chi connectivity index (χ0) is 29.5. The van der Waals surface area contributed by atoms with E-state index in [1.165, 1.54) is 0 Å². The van der Waals surface area contributed by atoms with Crippen LogP contribution in [0.3, 0.4) is 0 Å². The van der Waals surface area contributed by atoms with Crippen LogP contribution >= 0.6 is 0 Å². The highest BCUT2D eigenvalue weighted by Crippen LogP contribution is 2.48. The van der Waals surface area contributed by atoms with Crippen molar-refractivity contribution in [2.24, 2.45) is 0 Å². The van der Waals surface area contributed by atoms with E-state index in [0.29, 0.717) is 49.1 Å². The van der Waals surface area contributed by atoms with Gasteiger partial charge in [-0.2, -0.15) is 15.4 Å². The third-order valence-corrected chi connectivity index (χ3v) is 8.63. The Morgan fingerprint density at radius 1 is 0.875 bits per heavy atom. The summed E-state index contributed by atoms with van der Waals surface area (Å²) in [6, 6.07) is -1.12. The van der Waals surface area contributed by atoms with Gasteiger partial charge in [-0.25, -0.2) is 9.97 Å². The van der Waals surface area contributed by atoms with Gasteiger partial charge in [0.1, 0.15) is 6.33 Å². The van der Waals surface area contributed by atoms with Gasteiger partial charge in [-0.1, -0.05) is 37.5 Å². The van der Waals surface area contributed by atoms with Gasteiger partial charge in [0.25, 0.3) is 0 Å². The maximum absolute atomic E-state index is 11.1. The van der Waals surface area contributed by atoms with Crippen LogP contribution in [0.2, 0.25) is 0 Å². The second kappa shape index (κ2) is 10.7. The Kier molecular flexibility index (Phi) is 7.99. The van der Waals surface area contributed by atoms with Crippen LogP contribution in [-0.4, -0.2) is 80.5 Å². The van der Waals surface area contributed by atoms with E-state index in [0.717, 1.165) is 13.1 Å². The molecule has 3 saturated heterocycles. The number of nitrogens with zero attached hydrogens (tertiary/aromatic N) is 8. The summed E-state index contributed by atoms with van der Waals surface area (Å²) in [5.41, 5.74) is 14.6. The Balaban J connectivity index is 1.69. The first-order valence-electron chi connectivity index (χ1n) is 13.8. The van der Waals surface area contributed by atoms with Crippen molar-refractivity contribution >= 4 is 11.9 Å². The fourth-order valence-corrected chi connectivity index (χ4v) is 6.77. The van der Waals surface area contributed by atoms with Crippen molar-refractivity contribution in [2.75, 3.05) is 36.1 Å². The second-order valence-electron chi connectivity index (χ2n) is 12.1. The summed E-state index contributed by atoms with van der Waals surface area (Å²) in [5.74, 6) is 1.31. The maximum atomic E-state index is 11.1. The minimum Gasteiger partial charge on any atom is -0.378 e. The van der Waals surface area contributed by atoms with Gasteiger partial charge in [-0.3, -0.25) is 0 Å². The summed E-state index contributed by atoms with van der Waals surface area (Å²) >= 11 is 0. The van der Waals surface area contributed by atoms with Crippen LogP contribution in [0.25, 0.3) is 0 Å². The van der Waals surface area contributed by atoms with Gasteiger partial charge in [-0.15, -0.1) is 32.0 Å². The molecule has 0 saturated carbocycles. The highest BCUT2D eigenvalue weighted by atomic mass is 16.5. The zero-order valence-corrected chi connectivity index (χ0v) is 24.5. The average Bonchev–Trinajstić information content (AvgIpc) is 2.93. The third kappa shape index (κ3) is 4.64. The lowest BCUT2D eigenvalue weighted by Gasteiger charge is -2.59. The van der Waals surface area contributed by atoms with Crippen LogP contribution in [0.5, 0.6) is 0 Å². The number of aromatic nitrogens is 3. The summed E-state index contributed by atoms with van der Waals surface area (Å²) in [7, 11) is 0. The minimum atomic E-state index is -1.03. The van der Waals surface area contributed by atoms with Gasteiger partial charge < -0.3 is 14.5 Å². The van der Waals surface area contributed by atoms with E-state index in [1.807, 2.05) is 5.01 Å². The molecular formula is C31H43N8O. The molecule has 9 heteroatoms. The van der Waals surface area contributed by atoms with Crippen LogP contribution in [0.1, 0.15) is 40.5 Å². The average molecular weight is 544 g/mol. The lowest BCUT2D eigenvalue weighted by atomic mass is 9.69. The van der Waals surface area contributed by atoms with E-state index in [-0.39, 0.29) is 17.1 Å². The van der Waals surface area contributed by atoms with Crippen molar-refractivity contribution in [3.63, 3.8) is 0 Å². The van der Waals surface area contributed by atoms with Crippen molar-refractivity contribution in [2.45, 2.75) is 74.8 Å². The Morgan fingerprint density at radius 3 is 1.82 bits per heavy atom. The maximum Gasteiger partial charge on any atom is 0.231 e. The summed E-state index contributed by atoms with van der Waals surface area (Å²) < 4.78 is 5.50. The molecule has 3 aliphatic rings. The van der Waals surface area contributed by atoms with E-state index in [1.54, 1.807) is 30.6 Å². The highest BCUT2D eigenvalue weighted by molar-refractivity contribution is 5.53. The number of piperidine rings is 2. The molecule has 1 aromatic rings. The zero-order valence-electron chi connectivity index (χ0n) is 24.5. The quantitative estimate of drug-likeness (QED) is 0.460. The van der Waals surface area contributed by atoms with Crippen LogP contribution in [0.15, 0.2) is 81.3 Å². The molecule has 3 radical (unpaired) electrons. The molecule has 1 aromatic heterocycles. The molecule has 0 unspecified atom stereocenters. The van der Waals surface area contributed by atoms with Gasteiger partial charge in [0.2, 0.25) is 11.9 Å². The number of ether oxygens (including phenoxy) is 1. The summed E-state index contributed by atoms with van der Waals surface area (Å²) in [4.78, 5) is 18.4. The first-order chi connectivity index (χ1) is 18.8. The predicted octanol–water partition coefficient (Wildman–Crippen LogP) is 3.84. The van der Waals surface area contributed by atoms with Crippen LogP contribution in [-0.2, 0) is 4.74 Å². The minimum absolute atomic E-state index is 0.115. The number of rotatable bonds is 8. The first-order valence-corrected chi connectivity index (χ1v) is 13.8. The molecular weight excluding hydrogens is 500 g/mol. The van der Waals surface area contributed by atoms with Gasteiger partial charge in [0.05, 0.1) is 30.3 Å². The van der Waals surface area contributed by atoms with E-state index in [4.69, 9.17) is 15.1 Å². The summed E-state index contributed by atoms with van der Waals surface area (Å²) in [6.07, 6.45) is 9.87. The molecule has 40 heavy (non-hydrogen) atoms. The molecule has 0 bridgehead atoms. The Morgan fingerprint density at radius 2 is 1.35 bits per heavy atom. The van der Waals surface area contributed by atoms with Crippen LogP contribution in [0, 0.1) is 0 Å². The highest BCUT2D eigenvalue weighted by Gasteiger charge is 2.57. The van der Waals surface area contributed by atoms with Crippen molar-refractivity contribution in [1.82, 2.24) is 31.1 Å². The Labute approximate surface area is 239 Å². The van der Waals surface area contributed by atoms with Crippen molar-refractivity contribution in [1.29, 1.82) is 0 Å². The number of morpholine rings is 1. The van der Waals surface area contributed by atoms with Crippen LogP contribution < -0.4 is 21.0 Å². The largest absolute Gasteiger partial charge is 0.378 e. The van der Waals surface area contributed by atoms with Crippen molar-refractivity contribution in [3.05, 3.63) is 81.3 Å². The second-order valence-corrected chi connectivity index (χ2v) is 12.1. The molecule has 0 aromatic carbocycles. The van der Waals surface area contributed by atoms with E-state index < -0.39 is 17.1 Å². The Hall–Kier alpha value is -3.11. The SMILES string of the molecule is C=CC1(C=C)C(=C)C([N])C(=C)C(C=C)(C=C)N1[N]C1CC(C)(C)N(c2ncnc(N3CCOCC3)n2)C(C)(C)C1. The number of hydrogen-bond acceptors (Lipinski definition) is 7. The fraction of sp³-hybridized carbons (Fsp3) is 0.516. The number of hydrogen-bond donors (Lipinski definition) is 0. The van der Waals surface area contributed by atoms with E-state index >= 15 is 0 Å². The lowest BCUT2D eigenvalue weighted by Crippen LogP contribution is -2.71. The molecule has 4 rings (SSSR count). The smallest absolute Gasteiger partial charge is 0.231 e. The van der Waals surface area contributed by atoms with Gasteiger partial charge in [0, 0.05) is 30.2 Å². The van der Waals surface area contributed by atoms with Crippen LogP contribution in [0.4, 0.5) is 11.9 Å². The van der Waals surface area contributed by atoms with Crippen molar-refractivity contribution in [3.8, 4) is 0 Å². The molecule has 3 fully saturated rings.